The van der Waals surface area contributed by atoms with Crippen LogP contribution in [0.25, 0.3) is 10.9 Å². The van der Waals surface area contributed by atoms with E-state index in [-0.39, 0.29) is 50.1 Å². The Hall–Kier alpha value is -3.70. The molecule has 2 unspecified atom stereocenters. The number of aromatic nitrogens is 3. The highest BCUT2D eigenvalue weighted by atomic mass is 32.2. The van der Waals surface area contributed by atoms with Crippen molar-refractivity contribution in [3.05, 3.63) is 89.6 Å². The van der Waals surface area contributed by atoms with Gasteiger partial charge in [0.25, 0.3) is 0 Å². The Bertz CT molecular complexity index is 1660. The lowest BCUT2D eigenvalue weighted by Crippen LogP contribution is -2.45. The summed E-state index contributed by atoms with van der Waals surface area (Å²) < 4.78 is 47.7. The standard InChI is InChI=1S/C33H37F3N4O3S/c1-21(20-43-32(5,6)44(7)31(2,3)4)40-19-26(25-18-37-13-12-28(25)40)30(42)27-17-24(11-14-38-27)39-29(41)16-22-9-8-10-23(15-22)33(34,35)36/h8-15,17-19,21H,16,20H2,1-7H3/p+1. The van der Waals surface area contributed by atoms with Gasteiger partial charge in [0.15, 0.2) is 0 Å². The van der Waals surface area contributed by atoms with Crippen molar-refractivity contribution in [2.24, 2.45) is 0 Å². The van der Waals surface area contributed by atoms with Gasteiger partial charge in [-0.15, -0.1) is 0 Å². The number of nitrogens with one attached hydrogen (secondary N) is 1. The number of halogens is 3. The summed E-state index contributed by atoms with van der Waals surface area (Å²) in [7, 11) is -0.0269. The van der Waals surface area contributed by atoms with Crippen molar-refractivity contribution in [2.75, 3.05) is 18.2 Å². The van der Waals surface area contributed by atoms with E-state index in [1.807, 2.05) is 17.6 Å². The van der Waals surface area contributed by atoms with Gasteiger partial charge in [-0.25, -0.2) is 0 Å². The molecule has 0 saturated heterocycles. The second-order valence-electron chi connectivity index (χ2n) is 12.2. The van der Waals surface area contributed by atoms with Crippen molar-refractivity contribution >= 4 is 39.2 Å². The minimum atomic E-state index is -4.50. The zero-order valence-electron chi connectivity index (χ0n) is 26.0. The van der Waals surface area contributed by atoms with Gasteiger partial charge < -0.3 is 14.6 Å². The third-order valence-corrected chi connectivity index (χ3v) is 11.0. The number of anilines is 1. The SMILES string of the molecule is CC(COC(C)(C)[S+](C)C(C)(C)C)n1cc(C(=O)c2cc(NC(=O)Cc3cccc(C(F)(F)F)c3)ccn2)c2cnccc21. The summed E-state index contributed by atoms with van der Waals surface area (Å²) in [6.45, 7) is 13.3. The van der Waals surface area contributed by atoms with Crippen LogP contribution in [-0.2, 0) is 33.0 Å². The van der Waals surface area contributed by atoms with E-state index in [1.165, 1.54) is 30.5 Å². The number of hydrogen-bond donors (Lipinski definition) is 1. The summed E-state index contributed by atoms with van der Waals surface area (Å²) in [5.41, 5.74) is 1.05. The Morgan fingerprint density at radius 3 is 2.45 bits per heavy atom. The molecule has 0 fully saturated rings. The molecule has 0 radical (unpaired) electrons. The van der Waals surface area contributed by atoms with Gasteiger partial charge >= 0.3 is 6.18 Å². The number of rotatable bonds is 10. The first kappa shape index (κ1) is 33.2. The number of nitrogens with zero attached hydrogens (tertiary/aromatic N) is 3. The van der Waals surface area contributed by atoms with E-state index in [0.717, 1.165) is 17.6 Å². The molecule has 3 aromatic heterocycles. The Kier molecular flexibility index (Phi) is 9.60. The Labute approximate surface area is 258 Å². The molecule has 7 nitrogen and oxygen atoms in total. The lowest BCUT2D eigenvalue weighted by molar-refractivity contribution is -0.137. The van der Waals surface area contributed by atoms with Crippen molar-refractivity contribution < 1.29 is 27.5 Å². The first-order chi connectivity index (χ1) is 20.5. The average molecular weight is 628 g/mol. The summed E-state index contributed by atoms with van der Waals surface area (Å²) in [4.78, 5) is 34.5. The highest BCUT2D eigenvalue weighted by Gasteiger charge is 2.45. The van der Waals surface area contributed by atoms with E-state index in [1.54, 1.807) is 18.6 Å². The lowest BCUT2D eigenvalue weighted by atomic mass is 10.1. The molecule has 0 saturated carbocycles. The maximum atomic E-state index is 13.7. The number of alkyl halides is 3. The van der Waals surface area contributed by atoms with E-state index < -0.39 is 17.6 Å². The van der Waals surface area contributed by atoms with Crippen LogP contribution in [0.2, 0.25) is 0 Å². The molecule has 11 heteroatoms. The molecule has 44 heavy (non-hydrogen) atoms. The predicted octanol–water partition coefficient (Wildman–Crippen LogP) is 7.22. The number of ketones is 1. The Balaban J connectivity index is 1.52. The molecule has 0 bridgehead atoms. The number of fused-ring (bicyclic) bond motifs is 1. The van der Waals surface area contributed by atoms with E-state index in [2.05, 4.69) is 56.2 Å². The van der Waals surface area contributed by atoms with Crippen LogP contribution >= 0.6 is 0 Å². The second-order valence-corrected chi connectivity index (χ2v) is 15.4. The lowest BCUT2D eigenvalue weighted by Gasteiger charge is -2.32. The van der Waals surface area contributed by atoms with Crippen molar-refractivity contribution in [1.82, 2.24) is 14.5 Å². The molecule has 1 aromatic carbocycles. The highest BCUT2D eigenvalue weighted by Crippen LogP contribution is 2.33. The Morgan fingerprint density at radius 1 is 1.05 bits per heavy atom. The number of pyridine rings is 2. The zero-order chi connectivity index (χ0) is 32.4. The molecule has 0 aliphatic carbocycles. The van der Waals surface area contributed by atoms with Crippen LogP contribution in [0.4, 0.5) is 18.9 Å². The molecule has 1 amide bonds. The molecule has 3 heterocycles. The molecule has 4 aromatic rings. The van der Waals surface area contributed by atoms with Gasteiger partial charge in [0.2, 0.25) is 16.6 Å². The van der Waals surface area contributed by atoms with E-state index in [4.69, 9.17) is 4.74 Å². The van der Waals surface area contributed by atoms with Crippen LogP contribution in [0.15, 0.2) is 67.3 Å². The summed E-state index contributed by atoms with van der Waals surface area (Å²) in [5, 5.41) is 3.32. The van der Waals surface area contributed by atoms with E-state index in [9.17, 15) is 22.8 Å². The molecule has 0 aliphatic rings. The van der Waals surface area contributed by atoms with Crippen LogP contribution in [0.5, 0.6) is 0 Å². The normalized spacial score (nSPS) is 14.0. The van der Waals surface area contributed by atoms with Crippen LogP contribution < -0.4 is 5.32 Å². The van der Waals surface area contributed by atoms with E-state index >= 15 is 0 Å². The van der Waals surface area contributed by atoms with Gasteiger partial charge in [0.1, 0.15) is 16.7 Å². The van der Waals surface area contributed by atoms with Gasteiger partial charge in [-0.3, -0.25) is 19.6 Å². The smallest absolute Gasteiger partial charge is 0.342 e. The molecule has 0 spiro atoms. The third-order valence-electron chi connectivity index (χ3n) is 7.58. The predicted molar refractivity (Wildman–Crippen MR) is 169 cm³/mol. The number of carbonyl (C=O) groups excluding carboxylic acids is 2. The molecular formula is C33H38F3N4O3S+. The highest BCUT2D eigenvalue weighted by molar-refractivity contribution is 7.98. The fourth-order valence-electron chi connectivity index (χ4n) is 4.89. The summed E-state index contributed by atoms with van der Waals surface area (Å²) in [6, 6.07) is 9.36. The average Bonchev–Trinajstić information content (AvgIpc) is 3.34. The zero-order valence-corrected chi connectivity index (χ0v) is 26.8. The van der Waals surface area contributed by atoms with Gasteiger partial charge in [-0.1, -0.05) is 18.2 Å². The van der Waals surface area contributed by atoms with Crippen molar-refractivity contribution in [3.8, 4) is 0 Å². The van der Waals surface area contributed by atoms with Crippen LogP contribution in [0.1, 0.15) is 74.8 Å². The second kappa shape index (κ2) is 12.7. The maximum Gasteiger partial charge on any atom is 0.416 e. The first-order valence-electron chi connectivity index (χ1n) is 14.2. The first-order valence-corrected chi connectivity index (χ1v) is 15.8. The van der Waals surface area contributed by atoms with Crippen LogP contribution in [0.3, 0.4) is 0 Å². The molecule has 234 valence electrons. The summed E-state index contributed by atoms with van der Waals surface area (Å²) in [6.07, 6.45) is 3.95. The largest absolute Gasteiger partial charge is 0.416 e. The van der Waals surface area contributed by atoms with Crippen LogP contribution in [-0.4, -0.2) is 48.8 Å². The summed E-state index contributed by atoms with van der Waals surface area (Å²) >= 11 is 0. The molecular weight excluding hydrogens is 589 g/mol. The number of carbonyl (C=O) groups is 2. The van der Waals surface area contributed by atoms with Gasteiger partial charge in [-0.05, 0) is 57.5 Å². The van der Waals surface area contributed by atoms with Crippen molar-refractivity contribution in [3.63, 3.8) is 0 Å². The fourth-order valence-corrected chi connectivity index (χ4v) is 6.61. The van der Waals surface area contributed by atoms with Crippen molar-refractivity contribution in [1.29, 1.82) is 0 Å². The van der Waals surface area contributed by atoms with Gasteiger partial charge in [-0.2, -0.15) is 13.2 Å². The molecule has 2 atom stereocenters. The number of amides is 1. The summed E-state index contributed by atoms with van der Waals surface area (Å²) in [5.74, 6) is -0.875. The fraction of sp³-hybridized carbons (Fsp3) is 0.394. The topological polar surface area (TPSA) is 86.1 Å². The minimum Gasteiger partial charge on any atom is -0.342 e. The van der Waals surface area contributed by atoms with Gasteiger partial charge in [0.05, 0.1) is 35.7 Å². The Morgan fingerprint density at radius 2 is 1.77 bits per heavy atom. The number of hydrogen-bond acceptors (Lipinski definition) is 5. The molecule has 4 rings (SSSR count). The molecule has 0 aliphatic heterocycles. The quantitative estimate of drug-likeness (QED) is 0.148. The van der Waals surface area contributed by atoms with Crippen LogP contribution in [0, 0.1) is 0 Å². The number of benzene rings is 1. The maximum absolute atomic E-state index is 13.7. The van der Waals surface area contributed by atoms with E-state index in [0.29, 0.717) is 23.2 Å². The van der Waals surface area contributed by atoms with Crippen molar-refractivity contribution in [2.45, 2.75) is 69.9 Å². The minimum absolute atomic E-state index is 0.0269. The number of ether oxygens (including phenoxy) is 1. The monoisotopic (exact) mass is 627 g/mol. The third kappa shape index (κ3) is 7.68. The van der Waals surface area contributed by atoms with Gasteiger partial charge in [0, 0.05) is 60.6 Å². The molecule has 1 N–H and O–H groups in total.